The van der Waals surface area contributed by atoms with Crippen molar-refractivity contribution in [3.8, 4) is 67.3 Å². The van der Waals surface area contributed by atoms with Gasteiger partial charge in [-0.25, -0.2) is 9.97 Å². The van der Waals surface area contributed by atoms with Crippen LogP contribution in [0, 0.1) is 0 Å². The van der Waals surface area contributed by atoms with Crippen LogP contribution in [0.5, 0.6) is 0 Å². The molecule has 10 aromatic rings. The van der Waals surface area contributed by atoms with Crippen molar-refractivity contribution in [2.24, 2.45) is 0 Å². The van der Waals surface area contributed by atoms with Crippen LogP contribution in [-0.4, -0.2) is 15.0 Å². The van der Waals surface area contributed by atoms with Crippen LogP contribution in [0.25, 0.3) is 99.6 Å². The molecule has 3 heteroatoms. The molecule has 0 unspecified atom stereocenters. The first-order valence-electron chi connectivity index (χ1n) is 17.6. The minimum absolute atomic E-state index is 0.698. The van der Waals surface area contributed by atoms with E-state index >= 15 is 0 Å². The standard InChI is InChI=1S/C49H31N3/c1-2-7-40(8-3-1)49-51-45(31-46(52-49)43-12-5-4-11-41(43)35-27-29-50-30-28-35)36-19-15-33(16-20-36)32-13-17-34(18-14-32)42-25-23-39-22-21-37-9-6-10-38-24-26-44(42)48(39)47(37)38/h1-31H. The number of aromatic nitrogens is 3. The van der Waals surface area contributed by atoms with Crippen LogP contribution < -0.4 is 0 Å². The van der Waals surface area contributed by atoms with E-state index in [0.29, 0.717) is 5.82 Å². The molecule has 0 fully saturated rings. The molecule has 0 radical (unpaired) electrons. The van der Waals surface area contributed by atoms with Crippen LogP contribution >= 0.6 is 0 Å². The molecular weight excluding hydrogens is 631 g/mol. The quantitative estimate of drug-likeness (QED) is 0.166. The molecule has 0 saturated carbocycles. The molecule has 0 aliphatic carbocycles. The topological polar surface area (TPSA) is 38.7 Å². The van der Waals surface area contributed by atoms with Crippen LogP contribution in [-0.2, 0) is 0 Å². The highest BCUT2D eigenvalue weighted by atomic mass is 14.9. The van der Waals surface area contributed by atoms with E-state index < -0.39 is 0 Å². The highest BCUT2D eigenvalue weighted by Crippen LogP contribution is 2.40. The minimum atomic E-state index is 0.698. The fraction of sp³-hybridized carbons (Fsp3) is 0. The molecule has 242 valence electrons. The summed E-state index contributed by atoms with van der Waals surface area (Å²) in [6, 6.07) is 62.6. The lowest BCUT2D eigenvalue weighted by molar-refractivity contribution is 1.18. The van der Waals surface area contributed by atoms with E-state index in [9.17, 15) is 0 Å². The molecule has 0 aliphatic heterocycles. The minimum Gasteiger partial charge on any atom is -0.265 e. The molecule has 0 atom stereocenters. The lowest BCUT2D eigenvalue weighted by Crippen LogP contribution is -1.97. The van der Waals surface area contributed by atoms with E-state index in [1.165, 1.54) is 49.0 Å². The predicted molar refractivity (Wildman–Crippen MR) is 216 cm³/mol. The van der Waals surface area contributed by atoms with Gasteiger partial charge in [-0.2, -0.15) is 0 Å². The number of hydrogen-bond donors (Lipinski definition) is 0. The smallest absolute Gasteiger partial charge is 0.160 e. The van der Waals surface area contributed by atoms with Gasteiger partial charge in [0.2, 0.25) is 0 Å². The zero-order chi connectivity index (χ0) is 34.4. The first-order valence-corrected chi connectivity index (χ1v) is 17.6. The second-order valence-electron chi connectivity index (χ2n) is 13.2. The SMILES string of the molecule is c1ccc(-c2nc(-c3ccc(-c4ccc(-c5ccc6ccc7cccc8ccc5c6c78)cc4)cc3)cc(-c3ccccc3-c3ccncc3)n2)cc1. The summed E-state index contributed by atoms with van der Waals surface area (Å²) in [7, 11) is 0. The Kier molecular flexibility index (Phi) is 7.14. The normalized spacial score (nSPS) is 11.5. The van der Waals surface area contributed by atoms with Gasteiger partial charge in [-0.15, -0.1) is 0 Å². The van der Waals surface area contributed by atoms with E-state index in [1.807, 2.05) is 42.7 Å². The number of hydrogen-bond acceptors (Lipinski definition) is 3. The third kappa shape index (κ3) is 5.19. The molecule has 0 aliphatic rings. The third-order valence-corrected chi connectivity index (χ3v) is 10.2. The highest BCUT2D eigenvalue weighted by molar-refractivity contribution is 6.25. The number of benzene rings is 8. The van der Waals surface area contributed by atoms with E-state index in [0.717, 1.165) is 44.8 Å². The fourth-order valence-electron chi connectivity index (χ4n) is 7.60. The summed E-state index contributed by atoms with van der Waals surface area (Å²) in [4.78, 5) is 14.4. The summed E-state index contributed by atoms with van der Waals surface area (Å²) >= 11 is 0. The van der Waals surface area contributed by atoms with Crippen molar-refractivity contribution in [3.63, 3.8) is 0 Å². The number of pyridine rings is 1. The monoisotopic (exact) mass is 661 g/mol. The fourth-order valence-corrected chi connectivity index (χ4v) is 7.60. The molecule has 10 rings (SSSR count). The van der Waals surface area contributed by atoms with Gasteiger partial charge in [-0.3, -0.25) is 4.98 Å². The molecular formula is C49H31N3. The molecule has 0 amide bonds. The Labute approximate surface area is 301 Å². The summed E-state index contributed by atoms with van der Waals surface area (Å²) in [5, 5.41) is 7.84. The van der Waals surface area contributed by atoms with Crippen LogP contribution in [0.15, 0.2) is 188 Å². The van der Waals surface area contributed by atoms with Gasteiger partial charge in [0.15, 0.2) is 5.82 Å². The molecule has 0 N–H and O–H groups in total. The van der Waals surface area contributed by atoms with Crippen molar-refractivity contribution in [1.82, 2.24) is 15.0 Å². The summed E-state index contributed by atoms with van der Waals surface area (Å²) < 4.78 is 0. The van der Waals surface area contributed by atoms with Crippen molar-refractivity contribution in [2.75, 3.05) is 0 Å². The van der Waals surface area contributed by atoms with E-state index in [1.54, 1.807) is 0 Å². The van der Waals surface area contributed by atoms with Gasteiger partial charge < -0.3 is 0 Å². The Bertz CT molecular complexity index is 2850. The largest absolute Gasteiger partial charge is 0.265 e. The van der Waals surface area contributed by atoms with E-state index in [-0.39, 0.29) is 0 Å². The lowest BCUT2D eigenvalue weighted by atomic mass is 9.89. The molecule has 2 aromatic heterocycles. The summed E-state index contributed by atoms with van der Waals surface area (Å²) in [5.74, 6) is 0.698. The zero-order valence-electron chi connectivity index (χ0n) is 28.2. The Morgan fingerprint density at radius 3 is 1.60 bits per heavy atom. The van der Waals surface area contributed by atoms with Crippen LogP contribution in [0.4, 0.5) is 0 Å². The first kappa shape index (κ1) is 29.9. The van der Waals surface area contributed by atoms with Gasteiger partial charge in [-0.05, 0) is 83.9 Å². The second kappa shape index (κ2) is 12.4. The molecule has 8 aromatic carbocycles. The average Bonchev–Trinajstić information content (AvgIpc) is 3.23. The Morgan fingerprint density at radius 1 is 0.308 bits per heavy atom. The van der Waals surface area contributed by atoms with Crippen LogP contribution in [0.3, 0.4) is 0 Å². The zero-order valence-corrected chi connectivity index (χ0v) is 28.2. The van der Waals surface area contributed by atoms with Gasteiger partial charge in [0, 0.05) is 29.1 Å². The summed E-state index contributed by atoms with van der Waals surface area (Å²) in [5.41, 5.74) is 11.8. The van der Waals surface area contributed by atoms with Crippen molar-refractivity contribution in [1.29, 1.82) is 0 Å². The maximum Gasteiger partial charge on any atom is 0.160 e. The average molecular weight is 662 g/mol. The van der Waals surface area contributed by atoms with Crippen LogP contribution in [0.1, 0.15) is 0 Å². The highest BCUT2D eigenvalue weighted by Gasteiger charge is 2.15. The van der Waals surface area contributed by atoms with Gasteiger partial charge in [-0.1, -0.05) is 158 Å². The van der Waals surface area contributed by atoms with Gasteiger partial charge in [0.1, 0.15) is 0 Å². The van der Waals surface area contributed by atoms with E-state index in [4.69, 9.17) is 9.97 Å². The first-order chi connectivity index (χ1) is 25.8. The summed E-state index contributed by atoms with van der Waals surface area (Å²) in [6.45, 7) is 0. The number of nitrogens with zero attached hydrogens (tertiary/aromatic N) is 3. The molecule has 0 spiro atoms. The van der Waals surface area contributed by atoms with Crippen LogP contribution in [0.2, 0.25) is 0 Å². The van der Waals surface area contributed by atoms with Gasteiger partial charge in [0.05, 0.1) is 11.4 Å². The lowest BCUT2D eigenvalue weighted by Gasteiger charge is -2.14. The Hall–Kier alpha value is -6.97. The maximum atomic E-state index is 5.10. The summed E-state index contributed by atoms with van der Waals surface area (Å²) in [6.07, 6.45) is 3.66. The second-order valence-corrected chi connectivity index (χ2v) is 13.2. The van der Waals surface area contributed by atoms with E-state index in [2.05, 4.69) is 151 Å². The van der Waals surface area contributed by atoms with Crippen molar-refractivity contribution < 1.29 is 0 Å². The predicted octanol–water partition coefficient (Wildman–Crippen LogP) is 12.8. The maximum absolute atomic E-state index is 5.10. The van der Waals surface area contributed by atoms with Crippen molar-refractivity contribution in [3.05, 3.63) is 188 Å². The molecule has 52 heavy (non-hydrogen) atoms. The van der Waals surface area contributed by atoms with Gasteiger partial charge in [0.25, 0.3) is 0 Å². The van der Waals surface area contributed by atoms with Gasteiger partial charge >= 0.3 is 0 Å². The Morgan fingerprint density at radius 2 is 0.865 bits per heavy atom. The number of rotatable bonds is 6. The molecule has 0 saturated heterocycles. The molecule has 2 heterocycles. The molecule has 0 bridgehead atoms. The Balaban J connectivity index is 1.01. The van der Waals surface area contributed by atoms with Crippen molar-refractivity contribution in [2.45, 2.75) is 0 Å². The third-order valence-electron chi connectivity index (χ3n) is 10.2. The molecule has 3 nitrogen and oxygen atoms in total. The van der Waals surface area contributed by atoms with Crippen molar-refractivity contribution >= 4 is 32.3 Å².